The molecule has 1 aromatic rings. The van der Waals surface area contributed by atoms with Gasteiger partial charge in [-0.2, -0.15) is 0 Å². The monoisotopic (exact) mass is 243 g/mol. The summed E-state index contributed by atoms with van der Waals surface area (Å²) in [5, 5.41) is 8.97. The third-order valence-corrected chi connectivity index (χ3v) is 2.91. The van der Waals surface area contributed by atoms with Gasteiger partial charge in [0, 0.05) is 5.54 Å². The van der Waals surface area contributed by atoms with E-state index in [4.69, 9.17) is 15.6 Å². The van der Waals surface area contributed by atoms with E-state index in [1.54, 1.807) is 0 Å². The zero-order valence-electron chi connectivity index (χ0n) is 9.13. The molecule has 1 aromatic carbocycles. The van der Waals surface area contributed by atoms with Gasteiger partial charge in [-0.1, -0.05) is 30.3 Å². The summed E-state index contributed by atoms with van der Waals surface area (Å²) in [5.41, 5.74) is 6.62. The van der Waals surface area contributed by atoms with Gasteiger partial charge in [-0.3, -0.25) is 0 Å². The summed E-state index contributed by atoms with van der Waals surface area (Å²) in [7, 11) is 0. The van der Waals surface area contributed by atoms with Crippen molar-refractivity contribution < 1.29 is 9.84 Å². The highest BCUT2D eigenvalue weighted by molar-refractivity contribution is 5.85. The fraction of sp³-hybridized carbons (Fsp3) is 0.500. The van der Waals surface area contributed by atoms with Crippen LogP contribution in [0.25, 0.3) is 0 Å². The number of benzene rings is 1. The van der Waals surface area contributed by atoms with Crippen LogP contribution in [-0.2, 0) is 11.3 Å². The van der Waals surface area contributed by atoms with Gasteiger partial charge in [-0.25, -0.2) is 0 Å². The number of ether oxygens (including phenoxy) is 1. The molecule has 0 heterocycles. The van der Waals surface area contributed by atoms with Crippen LogP contribution < -0.4 is 5.73 Å². The second kappa shape index (κ2) is 5.64. The topological polar surface area (TPSA) is 55.5 Å². The molecule has 0 aliphatic heterocycles. The zero-order chi connectivity index (χ0) is 10.7. The molecule has 16 heavy (non-hydrogen) atoms. The largest absolute Gasteiger partial charge is 0.394 e. The predicted octanol–water partition coefficient (Wildman–Crippen LogP) is 1.48. The molecule has 0 radical (unpaired) electrons. The maximum Gasteiger partial charge on any atom is 0.0720 e. The van der Waals surface area contributed by atoms with Gasteiger partial charge in [-0.05, 0) is 18.4 Å². The maximum absolute atomic E-state index is 8.97. The van der Waals surface area contributed by atoms with Gasteiger partial charge in [-0.15, -0.1) is 12.4 Å². The van der Waals surface area contributed by atoms with Crippen molar-refractivity contribution in [2.45, 2.75) is 31.1 Å². The third kappa shape index (κ3) is 3.19. The summed E-state index contributed by atoms with van der Waals surface area (Å²) in [5.74, 6) is 0. The van der Waals surface area contributed by atoms with E-state index in [1.807, 2.05) is 30.3 Å². The van der Waals surface area contributed by atoms with Crippen molar-refractivity contribution in [2.75, 3.05) is 6.61 Å². The molecule has 3 nitrogen and oxygen atoms in total. The van der Waals surface area contributed by atoms with Crippen molar-refractivity contribution in [3.8, 4) is 0 Å². The number of halogens is 1. The summed E-state index contributed by atoms with van der Waals surface area (Å²) in [4.78, 5) is 0. The first-order valence-corrected chi connectivity index (χ1v) is 5.27. The molecule has 3 N–H and O–H groups in total. The Morgan fingerprint density at radius 1 is 1.31 bits per heavy atom. The van der Waals surface area contributed by atoms with Crippen molar-refractivity contribution in [3.63, 3.8) is 0 Å². The first kappa shape index (κ1) is 13.5. The van der Waals surface area contributed by atoms with Gasteiger partial charge in [0.15, 0.2) is 0 Å². The minimum absolute atomic E-state index is 0. The minimum atomic E-state index is -0.388. The Kier molecular flexibility index (Phi) is 4.74. The van der Waals surface area contributed by atoms with Crippen LogP contribution >= 0.6 is 12.4 Å². The van der Waals surface area contributed by atoms with Crippen molar-refractivity contribution in [3.05, 3.63) is 35.9 Å². The standard InChI is InChI=1S/C12H17NO2.ClH/c13-12(9-14)6-11(7-12)15-8-10-4-2-1-3-5-10;/h1-5,11,14H,6-9,13H2;1H/t11-,12-;. The summed E-state index contributed by atoms with van der Waals surface area (Å²) >= 11 is 0. The van der Waals surface area contributed by atoms with E-state index in [0.29, 0.717) is 6.61 Å². The molecule has 1 saturated carbocycles. The molecule has 0 spiro atoms. The Bertz CT molecular complexity index is 312. The van der Waals surface area contributed by atoms with Crippen LogP contribution in [0.5, 0.6) is 0 Å². The van der Waals surface area contributed by atoms with Crippen LogP contribution in [0.1, 0.15) is 18.4 Å². The molecule has 0 saturated heterocycles. The van der Waals surface area contributed by atoms with Crippen LogP contribution in [0.4, 0.5) is 0 Å². The molecule has 4 heteroatoms. The fourth-order valence-corrected chi connectivity index (χ4v) is 1.88. The normalized spacial score (nSPS) is 28.0. The average Bonchev–Trinajstić information content (AvgIpc) is 2.24. The van der Waals surface area contributed by atoms with Gasteiger partial charge >= 0.3 is 0 Å². The molecule has 2 rings (SSSR count). The highest BCUT2D eigenvalue weighted by atomic mass is 35.5. The quantitative estimate of drug-likeness (QED) is 0.842. The van der Waals surface area contributed by atoms with Gasteiger partial charge in [0.25, 0.3) is 0 Å². The first-order valence-electron chi connectivity index (χ1n) is 5.27. The second-order valence-corrected chi connectivity index (χ2v) is 4.35. The Labute approximate surface area is 102 Å². The van der Waals surface area contributed by atoms with Crippen molar-refractivity contribution in [1.82, 2.24) is 0 Å². The molecule has 1 aliphatic carbocycles. The summed E-state index contributed by atoms with van der Waals surface area (Å²) in [6.07, 6.45) is 1.73. The number of nitrogens with two attached hydrogens (primary N) is 1. The van der Waals surface area contributed by atoms with Gasteiger partial charge in [0.1, 0.15) is 0 Å². The molecule has 90 valence electrons. The Morgan fingerprint density at radius 3 is 2.50 bits per heavy atom. The SMILES string of the molecule is Cl.N[C@]1(CO)C[C@@H](OCc2ccccc2)C1. The number of aliphatic hydroxyl groups is 1. The van der Waals surface area contributed by atoms with E-state index in [-0.39, 0.29) is 30.7 Å². The summed E-state index contributed by atoms with van der Waals surface area (Å²) in [6.45, 7) is 0.686. The van der Waals surface area contributed by atoms with E-state index >= 15 is 0 Å². The van der Waals surface area contributed by atoms with E-state index in [2.05, 4.69) is 0 Å². The number of hydrogen-bond acceptors (Lipinski definition) is 3. The number of hydrogen-bond donors (Lipinski definition) is 2. The van der Waals surface area contributed by atoms with Crippen LogP contribution in [0.15, 0.2) is 30.3 Å². The predicted molar refractivity (Wildman–Crippen MR) is 65.5 cm³/mol. The van der Waals surface area contributed by atoms with Crippen molar-refractivity contribution in [1.29, 1.82) is 0 Å². The molecular formula is C12H18ClNO2. The molecule has 0 aromatic heterocycles. The van der Waals surface area contributed by atoms with E-state index in [9.17, 15) is 0 Å². The number of rotatable bonds is 4. The Balaban J connectivity index is 0.00000128. The van der Waals surface area contributed by atoms with Gasteiger partial charge in [0.05, 0.1) is 19.3 Å². The van der Waals surface area contributed by atoms with Crippen molar-refractivity contribution >= 4 is 12.4 Å². The van der Waals surface area contributed by atoms with Crippen LogP contribution in [-0.4, -0.2) is 23.4 Å². The highest BCUT2D eigenvalue weighted by Gasteiger charge is 2.41. The van der Waals surface area contributed by atoms with E-state index in [0.717, 1.165) is 12.8 Å². The average molecular weight is 244 g/mol. The molecular weight excluding hydrogens is 226 g/mol. The first-order chi connectivity index (χ1) is 7.22. The van der Waals surface area contributed by atoms with E-state index < -0.39 is 0 Å². The highest BCUT2D eigenvalue weighted by Crippen LogP contribution is 2.32. The second-order valence-electron chi connectivity index (χ2n) is 4.35. The Hall–Kier alpha value is -0.610. The maximum atomic E-state index is 8.97. The fourth-order valence-electron chi connectivity index (χ4n) is 1.88. The third-order valence-electron chi connectivity index (χ3n) is 2.91. The smallest absolute Gasteiger partial charge is 0.0720 e. The lowest BCUT2D eigenvalue weighted by atomic mass is 9.76. The molecule has 1 fully saturated rings. The van der Waals surface area contributed by atoms with E-state index in [1.165, 1.54) is 5.56 Å². The minimum Gasteiger partial charge on any atom is -0.394 e. The van der Waals surface area contributed by atoms with Gasteiger partial charge < -0.3 is 15.6 Å². The van der Waals surface area contributed by atoms with Crippen molar-refractivity contribution in [2.24, 2.45) is 5.73 Å². The van der Waals surface area contributed by atoms with Gasteiger partial charge in [0.2, 0.25) is 0 Å². The lowest BCUT2D eigenvalue weighted by molar-refractivity contribution is -0.0664. The summed E-state index contributed by atoms with van der Waals surface area (Å²) in [6, 6.07) is 10.1. The molecule has 0 amide bonds. The molecule has 0 bridgehead atoms. The summed E-state index contributed by atoms with van der Waals surface area (Å²) < 4.78 is 5.67. The molecule has 0 atom stereocenters. The molecule has 0 unspecified atom stereocenters. The Morgan fingerprint density at radius 2 is 1.94 bits per heavy atom. The van der Waals surface area contributed by atoms with Crippen LogP contribution in [0.3, 0.4) is 0 Å². The van der Waals surface area contributed by atoms with Crippen LogP contribution in [0, 0.1) is 0 Å². The van der Waals surface area contributed by atoms with Crippen LogP contribution in [0.2, 0.25) is 0 Å². The zero-order valence-corrected chi connectivity index (χ0v) is 9.95. The lowest BCUT2D eigenvalue weighted by Crippen LogP contribution is -2.57. The number of aliphatic hydroxyl groups excluding tert-OH is 1. The molecule has 1 aliphatic rings. The lowest BCUT2D eigenvalue weighted by Gasteiger charge is -2.43.